The minimum atomic E-state index is 0.946. The fourth-order valence-corrected chi connectivity index (χ4v) is 1.42. The van der Waals surface area contributed by atoms with Crippen molar-refractivity contribution in [1.29, 1.82) is 0 Å². The molecule has 0 spiro atoms. The summed E-state index contributed by atoms with van der Waals surface area (Å²) >= 11 is 0. The SMILES string of the molecule is COc1c(C)cc2c(c1C)O2. The van der Waals surface area contributed by atoms with Crippen LogP contribution in [0.2, 0.25) is 0 Å². The second-order valence-electron chi connectivity index (χ2n) is 2.78. The summed E-state index contributed by atoms with van der Waals surface area (Å²) < 4.78 is 10.4. The molecule has 0 saturated carbocycles. The van der Waals surface area contributed by atoms with Crippen molar-refractivity contribution in [3.8, 4) is 17.2 Å². The highest BCUT2D eigenvalue weighted by Crippen LogP contribution is 2.52. The van der Waals surface area contributed by atoms with E-state index in [1.54, 1.807) is 7.11 Å². The first-order valence-electron chi connectivity index (χ1n) is 3.60. The van der Waals surface area contributed by atoms with Crippen molar-refractivity contribution in [1.82, 2.24) is 0 Å². The second kappa shape index (κ2) is 1.91. The Balaban J connectivity index is 2.62. The first kappa shape index (κ1) is 6.53. The maximum Gasteiger partial charge on any atom is 0.176 e. The molecule has 11 heavy (non-hydrogen) atoms. The number of methoxy groups -OCH3 is 1. The number of hydrogen-bond acceptors (Lipinski definition) is 2. The van der Waals surface area contributed by atoms with Crippen LogP contribution in [-0.4, -0.2) is 7.11 Å². The summed E-state index contributed by atoms with van der Waals surface area (Å²) in [6.07, 6.45) is 0. The summed E-state index contributed by atoms with van der Waals surface area (Å²) in [6, 6.07) is 2.00. The van der Waals surface area contributed by atoms with Crippen molar-refractivity contribution in [3.63, 3.8) is 0 Å². The van der Waals surface area contributed by atoms with Gasteiger partial charge in [-0.3, -0.25) is 0 Å². The predicted molar refractivity (Wildman–Crippen MR) is 42.5 cm³/mol. The largest absolute Gasteiger partial charge is 0.496 e. The van der Waals surface area contributed by atoms with E-state index in [4.69, 9.17) is 9.47 Å². The molecular weight excluding hydrogens is 140 g/mol. The molecule has 1 aliphatic rings. The average molecular weight is 150 g/mol. The molecule has 0 atom stereocenters. The number of rotatable bonds is 1. The van der Waals surface area contributed by atoms with Gasteiger partial charge >= 0.3 is 0 Å². The van der Waals surface area contributed by atoms with Crippen LogP contribution in [0, 0.1) is 13.8 Å². The number of fused-ring (bicyclic) bond motifs is 1. The molecule has 0 aromatic heterocycles. The third kappa shape index (κ3) is 0.788. The molecule has 0 fully saturated rings. The molecule has 58 valence electrons. The Morgan fingerprint density at radius 2 is 2.09 bits per heavy atom. The highest BCUT2D eigenvalue weighted by Gasteiger charge is 2.26. The lowest BCUT2D eigenvalue weighted by atomic mass is 10.1. The third-order valence-corrected chi connectivity index (χ3v) is 1.99. The predicted octanol–water partition coefficient (Wildman–Crippen LogP) is 2.42. The molecule has 1 aliphatic heterocycles. The minimum Gasteiger partial charge on any atom is -0.496 e. The van der Waals surface area contributed by atoms with Crippen LogP contribution in [0.1, 0.15) is 11.1 Å². The number of aryl methyl sites for hydroxylation is 1. The fourth-order valence-electron chi connectivity index (χ4n) is 1.42. The first-order valence-corrected chi connectivity index (χ1v) is 3.60. The summed E-state index contributed by atoms with van der Waals surface area (Å²) in [6.45, 7) is 4.03. The van der Waals surface area contributed by atoms with E-state index in [9.17, 15) is 0 Å². The molecule has 0 bridgehead atoms. The summed E-state index contributed by atoms with van der Waals surface area (Å²) in [7, 11) is 1.68. The van der Waals surface area contributed by atoms with Crippen molar-refractivity contribution >= 4 is 0 Å². The Hall–Kier alpha value is -1.18. The van der Waals surface area contributed by atoms with Crippen LogP contribution in [0.15, 0.2) is 6.07 Å². The standard InChI is InChI=1S/C9H10O2/c1-5-4-7-9(11-7)6(2)8(5)10-3/h4H,1-3H3. The van der Waals surface area contributed by atoms with Crippen molar-refractivity contribution in [2.45, 2.75) is 13.8 Å². The van der Waals surface area contributed by atoms with Crippen LogP contribution < -0.4 is 9.47 Å². The Labute approximate surface area is 65.7 Å². The van der Waals surface area contributed by atoms with Gasteiger partial charge in [0.25, 0.3) is 0 Å². The van der Waals surface area contributed by atoms with Gasteiger partial charge in [-0.05, 0) is 25.5 Å². The van der Waals surface area contributed by atoms with Gasteiger partial charge in [0.15, 0.2) is 11.5 Å². The zero-order valence-electron chi connectivity index (χ0n) is 6.89. The topological polar surface area (TPSA) is 21.8 Å². The van der Waals surface area contributed by atoms with E-state index in [1.807, 2.05) is 19.9 Å². The van der Waals surface area contributed by atoms with Gasteiger partial charge in [-0.1, -0.05) is 0 Å². The molecule has 0 radical (unpaired) electrons. The number of benzene rings is 1. The monoisotopic (exact) mass is 150 g/mol. The lowest BCUT2D eigenvalue weighted by molar-refractivity contribution is 0.408. The molecule has 0 unspecified atom stereocenters. The molecule has 1 aromatic carbocycles. The Morgan fingerprint density at radius 3 is 2.73 bits per heavy atom. The van der Waals surface area contributed by atoms with Crippen LogP contribution in [0.5, 0.6) is 17.2 Å². The smallest absolute Gasteiger partial charge is 0.176 e. The molecule has 0 saturated heterocycles. The summed E-state index contributed by atoms with van der Waals surface area (Å²) in [5, 5.41) is 0. The van der Waals surface area contributed by atoms with Crippen molar-refractivity contribution in [2.75, 3.05) is 7.11 Å². The van der Waals surface area contributed by atoms with Crippen LogP contribution in [0.25, 0.3) is 0 Å². The van der Waals surface area contributed by atoms with E-state index < -0.39 is 0 Å². The zero-order chi connectivity index (χ0) is 8.01. The molecule has 2 nitrogen and oxygen atoms in total. The lowest BCUT2D eigenvalue weighted by Gasteiger charge is -2.03. The van der Waals surface area contributed by atoms with E-state index in [0.717, 1.165) is 28.4 Å². The van der Waals surface area contributed by atoms with Gasteiger partial charge in [-0.15, -0.1) is 0 Å². The maximum atomic E-state index is 5.21. The van der Waals surface area contributed by atoms with Crippen LogP contribution in [0.3, 0.4) is 0 Å². The van der Waals surface area contributed by atoms with Gasteiger partial charge in [0.1, 0.15) is 5.75 Å². The molecule has 2 heteroatoms. The van der Waals surface area contributed by atoms with Gasteiger partial charge in [-0.2, -0.15) is 0 Å². The third-order valence-electron chi connectivity index (χ3n) is 1.99. The quantitative estimate of drug-likeness (QED) is 0.582. The molecule has 1 aromatic rings. The molecule has 0 aliphatic carbocycles. The van der Waals surface area contributed by atoms with Gasteiger partial charge in [0.05, 0.1) is 7.11 Å². The van der Waals surface area contributed by atoms with Crippen molar-refractivity contribution in [2.24, 2.45) is 0 Å². The highest BCUT2D eigenvalue weighted by molar-refractivity contribution is 5.66. The van der Waals surface area contributed by atoms with Gasteiger partial charge in [0, 0.05) is 5.56 Å². The zero-order valence-corrected chi connectivity index (χ0v) is 6.89. The van der Waals surface area contributed by atoms with Crippen molar-refractivity contribution in [3.05, 3.63) is 17.2 Å². The molecule has 2 rings (SSSR count). The Morgan fingerprint density at radius 1 is 1.36 bits per heavy atom. The molecule has 1 heterocycles. The van der Waals surface area contributed by atoms with E-state index in [1.165, 1.54) is 0 Å². The van der Waals surface area contributed by atoms with Crippen LogP contribution in [-0.2, 0) is 0 Å². The number of hydrogen-bond donors (Lipinski definition) is 0. The first-order chi connectivity index (χ1) is 5.24. The molecular formula is C9H10O2. The van der Waals surface area contributed by atoms with Gasteiger partial charge < -0.3 is 9.47 Å². The fraction of sp³-hybridized carbons (Fsp3) is 0.333. The molecule has 0 amide bonds. The van der Waals surface area contributed by atoms with Crippen LogP contribution >= 0.6 is 0 Å². The van der Waals surface area contributed by atoms with E-state index in [2.05, 4.69) is 0 Å². The van der Waals surface area contributed by atoms with Crippen molar-refractivity contribution < 1.29 is 9.47 Å². The molecule has 0 N–H and O–H groups in total. The highest BCUT2D eigenvalue weighted by atomic mass is 16.6. The maximum absolute atomic E-state index is 5.21. The summed E-state index contributed by atoms with van der Waals surface area (Å²) in [5.74, 6) is 2.94. The number of ether oxygens (including phenoxy) is 2. The second-order valence-corrected chi connectivity index (χ2v) is 2.78. The average Bonchev–Trinajstić information content (AvgIpc) is 2.68. The summed E-state index contributed by atoms with van der Waals surface area (Å²) in [5.41, 5.74) is 2.25. The Kier molecular flexibility index (Phi) is 1.13. The normalized spacial score (nSPS) is 11.9. The minimum absolute atomic E-state index is 0.946. The summed E-state index contributed by atoms with van der Waals surface area (Å²) in [4.78, 5) is 0. The van der Waals surface area contributed by atoms with Crippen LogP contribution in [0.4, 0.5) is 0 Å². The van der Waals surface area contributed by atoms with Gasteiger partial charge in [-0.25, -0.2) is 0 Å². The Bertz CT molecular complexity index is 316. The van der Waals surface area contributed by atoms with Gasteiger partial charge in [0.2, 0.25) is 0 Å². The van der Waals surface area contributed by atoms with E-state index >= 15 is 0 Å². The lowest BCUT2D eigenvalue weighted by Crippen LogP contribution is -1.87. The van der Waals surface area contributed by atoms with E-state index in [0.29, 0.717) is 0 Å². The van der Waals surface area contributed by atoms with E-state index in [-0.39, 0.29) is 0 Å².